The lowest BCUT2D eigenvalue weighted by Crippen LogP contribution is -2.13. The minimum atomic E-state index is -0.657. The van der Waals surface area contributed by atoms with Crippen LogP contribution in [0.3, 0.4) is 0 Å². The molecular weight excluding hydrogens is 383 g/mol. The van der Waals surface area contributed by atoms with Gasteiger partial charge in [0.2, 0.25) is 0 Å². The van der Waals surface area contributed by atoms with E-state index in [1.165, 1.54) is 18.2 Å². The van der Waals surface area contributed by atoms with Gasteiger partial charge in [0.15, 0.2) is 11.5 Å². The number of hydrogen-bond acceptors (Lipinski definition) is 4. The SMILES string of the molecule is C#CCOc1ccc(/C=C(\C#N)C(=O)Nc2ccc(F)c(Cl)c2)cc1OCC. The highest BCUT2D eigenvalue weighted by molar-refractivity contribution is 6.31. The van der Waals surface area contributed by atoms with Crippen LogP contribution in [0.4, 0.5) is 10.1 Å². The molecule has 1 amide bonds. The van der Waals surface area contributed by atoms with Gasteiger partial charge in [-0.25, -0.2) is 4.39 Å². The second-order valence-corrected chi connectivity index (χ2v) is 5.79. The van der Waals surface area contributed by atoms with Crippen LogP contribution in [0.5, 0.6) is 11.5 Å². The Morgan fingerprint density at radius 3 is 2.71 bits per heavy atom. The smallest absolute Gasteiger partial charge is 0.266 e. The molecule has 0 aliphatic heterocycles. The second kappa shape index (κ2) is 10.0. The summed E-state index contributed by atoms with van der Waals surface area (Å²) in [6, 6.07) is 10.5. The number of anilines is 1. The van der Waals surface area contributed by atoms with Crippen molar-refractivity contribution in [2.45, 2.75) is 6.92 Å². The largest absolute Gasteiger partial charge is 0.490 e. The highest BCUT2D eigenvalue weighted by Crippen LogP contribution is 2.29. The third kappa shape index (κ3) is 5.51. The fraction of sp³-hybridized carbons (Fsp3) is 0.143. The van der Waals surface area contributed by atoms with E-state index in [1.807, 2.05) is 13.0 Å². The van der Waals surface area contributed by atoms with Crippen molar-refractivity contribution in [3.63, 3.8) is 0 Å². The lowest BCUT2D eigenvalue weighted by molar-refractivity contribution is -0.112. The Morgan fingerprint density at radius 1 is 1.29 bits per heavy atom. The van der Waals surface area contributed by atoms with E-state index < -0.39 is 11.7 Å². The maximum atomic E-state index is 13.2. The molecule has 2 rings (SSSR count). The van der Waals surface area contributed by atoms with Crippen molar-refractivity contribution in [1.82, 2.24) is 0 Å². The summed E-state index contributed by atoms with van der Waals surface area (Å²) in [6.07, 6.45) is 6.59. The van der Waals surface area contributed by atoms with Gasteiger partial charge in [-0.05, 0) is 48.9 Å². The summed E-state index contributed by atoms with van der Waals surface area (Å²) in [5, 5.41) is 11.7. The number of ether oxygens (including phenoxy) is 2. The van der Waals surface area contributed by atoms with Gasteiger partial charge in [0, 0.05) is 5.69 Å². The second-order valence-electron chi connectivity index (χ2n) is 5.38. The number of carbonyl (C=O) groups is 1. The van der Waals surface area contributed by atoms with Crippen LogP contribution in [0.1, 0.15) is 12.5 Å². The molecule has 28 heavy (non-hydrogen) atoms. The van der Waals surface area contributed by atoms with E-state index in [-0.39, 0.29) is 22.9 Å². The van der Waals surface area contributed by atoms with Crippen LogP contribution in [0, 0.1) is 29.5 Å². The molecule has 2 aromatic rings. The molecule has 0 aromatic heterocycles. The van der Waals surface area contributed by atoms with E-state index in [1.54, 1.807) is 18.2 Å². The molecule has 0 aliphatic rings. The van der Waals surface area contributed by atoms with Crippen LogP contribution in [0.2, 0.25) is 5.02 Å². The summed E-state index contributed by atoms with van der Waals surface area (Å²) >= 11 is 5.69. The van der Waals surface area contributed by atoms with Gasteiger partial charge in [0.05, 0.1) is 11.6 Å². The van der Waals surface area contributed by atoms with Crippen LogP contribution in [0.15, 0.2) is 42.0 Å². The van der Waals surface area contributed by atoms with Crippen molar-refractivity contribution >= 4 is 29.3 Å². The molecule has 0 unspecified atom stereocenters. The van der Waals surface area contributed by atoms with Crippen molar-refractivity contribution in [2.75, 3.05) is 18.5 Å². The van der Waals surface area contributed by atoms with Crippen LogP contribution >= 0.6 is 11.6 Å². The number of hydrogen-bond donors (Lipinski definition) is 1. The molecule has 0 saturated heterocycles. The topological polar surface area (TPSA) is 71.3 Å². The normalized spacial score (nSPS) is 10.5. The Morgan fingerprint density at radius 2 is 2.07 bits per heavy atom. The van der Waals surface area contributed by atoms with Crippen molar-refractivity contribution < 1.29 is 18.7 Å². The summed E-state index contributed by atoms with van der Waals surface area (Å²) < 4.78 is 24.1. The molecule has 1 N–H and O–H groups in total. The maximum Gasteiger partial charge on any atom is 0.266 e. The highest BCUT2D eigenvalue weighted by atomic mass is 35.5. The number of nitrogens with one attached hydrogen (secondary N) is 1. The van der Waals surface area contributed by atoms with Crippen molar-refractivity contribution in [3.8, 4) is 29.9 Å². The van der Waals surface area contributed by atoms with E-state index in [9.17, 15) is 14.4 Å². The van der Waals surface area contributed by atoms with Gasteiger partial charge < -0.3 is 14.8 Å². The van der Waals surface area contributed by atoms with Gasteiger partial charge in [-0.2, -0.15) is 5.26 Å². The summed E-state index contributed by atoms with van der Waals surface area (Å²) in [5.74, 6) is 2.00. The number of halogens is 2. The first-order valence-electron chi connectivity index (χ1n) is 8.19. The van der Waals surface area contributed by atoms with Crippen LogP contribution in [-0.2, 0) is 4.79 Å². The van der Waals surface area contributed by atoms with E-state index >= 15 is 0 Å². The van der Waals surface area contributed by atoms with Gasteiger partial charge in [0.25, 0.3) is 5.91 Å². The Kier molecular flexibility index (Phi) is 7.45. The molecule has 0 radical (unpaired) electrons. The zero-order valence-electron chi connectivity index (χ0n) is 15.0. The molecule has 7 heteroatoms. The lowest BCUT2D eigenvalue weighted by atomic mass is 10.1. The number of rotatable bonds is 7. The predicted octanol–water partition coefficient (Wildman–Crippen LogP) is 4.44. The fourth-order valence-corrected chi connectivity index (χ4v) is 2.39. The van der Waals surface area contributed by atoms with Gasteiger partial charge in [-0.15, -0.1) is 6.42 Å². The van der Waals surface area contributed by atoms with E-state index in [0.717, 1.165) is 6.07 Å². The van der Waals surface area contributed by atoms with Crippen LogP contribution in [0.25, 0.3) is 6.08 Å². The molecule has 0 heterocycles. The number of nitriles is 1. The molecule has 0 aliphatic carbocycles. The van der Waals surface area contributed by atoms with Gasteiger partial charge >= 0.3 is 0 Å². The summed E-state index contributed by atoms with van der Waals surface area (Å²) in [5.41, 5.74) is 0.672. The average Bonchev–Trinajstić information content (AvgIpc) is 2.68. The van der Waals surface area contributed by atoms with Crippen molar-refractivity contribution in [2.24, 2.45) is 0 Å². The van der Waals surface area contributed by atoms with E-state index in [0.29, 0.717) is 23.7 Å². The highest BCUT2D eigenvalue weighted by Gasteiger charge is 2.12. The molecule has 142 valence electrons. The summed E-state index contributed by atoms with van der Waals surface area (Å²) in [4.78, 5) is 12.3. The van der Waals surface area contributed by atoms with Gasteiger partial charge in [-0.3, -0.25) is 4.79 Å². The first-order valence-corrected chi connectivity index (χ1v) is 8.57. The van der Waals surface area contributed by atoms with Crippen LogP contribution < -0.4 is 14.8 Å². The molecule has 2 aromatic carbocycles. The third-order valence-electron chi connectivity index (χ3n) is 3.43. The summed E-state index contributed by atoms with van der Waals surface area (Å²) in [6.45, 7) is 2.30. The molecule has 0 fully saturated rings. The standard InChI is InChI=1S/C21H16ClFN2O3/c1-3-9-28-19-8-5-14(11-20(19)27-4-2)10-15(13-24)21(26)25-16-6-7-18(23)17(22)12-16/h1,5-8,10-12H,4,9H2,2H3,(H,25,26)/b15-10+. The zero-order valence-corrected chi connectivity index (χ0v) is 15.7. The molecule has 0 atom stereocenters. The van der Waals surface area contributed by atoms with Crippen molar-refractivity contribution in [1.29, 1.82) is 5.26 Å². The third-order valence-corrected chi connectivity index (χ3v) is 3.72. The number of carbonyl (C=O) groups excluding carboxylic acids is 1. The Balaban J connectivity index is 2.26. The molecule has 0 bridgehead atoms. The molecule has 5 nitrogen and oxygen atoms in total. The zero-order chi connectivity index (χ0) is 20.5. The van der Waals surface area contributed by atoms with Crippen molar-refractivity contribution in [3.05, 3.63) is 58.4 Å². The Hall–Kier alpha value is -3.48. The number of amides is 1. The summed E-state index contributed by atoms with van der Waals surface area (Å²) in [7, 11) is 0. The molecule has 0 spiro atoms. The maximum absolute atomic E-state index is 13.2. The lowest BCUT2D eigenvalue weighted by Gasteiger charge is -2.11. The predicted molar refractivity (Wildman–Crippen MR) is 106 cm³/mol. The van der Waals surface area contributed by atoms with E-state index in [4.69, 9.17) is 27.5 Å². The average molecular weight is 399 g/mol. The number of nitrogens with zero attached hydrogens (tertiary/aromatic N) is 1. The first kappa shape index (κ1) is 20.8. The minimum absolute atomic E-state index is 0.0847. The fourth-order valence-electron chi connectivity index (χ4n) is 2.21. The quantitative estimate of drug-likeness (QED) is 0.425. The number of benzene rings is 2. The monoisotopic (exact) mass is 398 g/mol. The van der Waals surface area contributed by atoms with Gasteiger partial charge in [-0.1, -0.05) is 23.6 Å². The van der Waals surface area contributed by atoms with E-state index in [2.05, 4.69) is 11.2 Å². The van der Waals surface area contributed by atoms with Gasteiger partial charge in [0.1, 0.15) is 24.1 Å². The molecular formula is C21H16ClFN2O3. The molecule has 0 saturated carbocycles. The van der Waals surface area contributed by atoms with Crippen LogP contribution in [-0.4, -0.2) is 19.1 Å². The minimum Gasteiger partial charge on any atom is -0.490 e. The number of terminal acetylenes is 1. The Bertz CT molecular complexity index is 990. The Labute approximate surface area is 167 Å². The first-order chi connectivity index (χ1) is 13.5.